The van der Waals surface area contributed by atoms with Gasteiger partial charge in [-0.25, -0.2) is 0 Å². The van der Waals surface area contributed by atoms with Crippen molar-refractivity contribution in [2.75, 3.05) is 12.4 Å². The van der Waals surface area contributed by atoms with Gasteiger partial charge in [-0.3, -0.25) is 4.40 Å². The van der Waals surface area contributed by atoms with E-state index in [1.807, 2.05) is 20.0 Å². The molecule has 5 heteroatoms. The van der Waals surface area contributed by atoms with Crippen molar-refractivity contribution < 1.29 is 0 Å². The third kappa shape index (κ3) is 2.08. The summed E-state index contributed by atoms with van der Waals surface area (Å²) in [5.74, 6) is 0.902. The SMILES string of the molecule is CNc1cc2c(cc(C)n2Cc2ccccc2)n2c(C)nnc12. The largest absolute Gasteiger partial charge is 0.385 e. The maximum atomic E-state index is 4.30. The topological polar surface area (TPSA) is 47.2 Å². The van der Waals surface area contributed by atoms with E-state index in [2.05, 4.69) is 67.8 Å². The Morgan fingerprint density at radius 3 is 2.52 bits per heavy atom. The van der Waals surface area contributed by atoms with E-state index in [1.54, 1.807) is 0 Å². The summed E-state index contributed by atoms with van der Waals surface area (Å²) in [4.78, 5) is 0. The molecule has 1 aromatic carbocycles. The van der Waals surface area contributed by atoms with Crippen LogP contribution in [0.4, 0.5) is 5.69 Å². The van der Waals surface area contributed by atoms with Crippen LogP contribution in [0.5, 0.6) is 0 Å². The van der Waals surface area contributed by atoms with Crippen LogP contribution in [-0.2, 0) is 6.54 Å². The number of rotatable bonds is 3. The molecule has 23 heavy (non-hydrogen) atoms. The van der Waals surface area contributed by atoms with Crippen LogP contribution in [-0.4, -0.2) is 26.2 Å². The Hall–Kier alpha value is -2.82. The van der Waals surface area contributed by atoms with Gasteiger partial charge in [-0.15, -0.1) is 10.2 Å². The van der Waals surface area contributed by atoms with Crippen LogP contribution in [0.2, 0.25) is 0 Å². The van der Waals surface area contributed by atoms with Gasteiger partial charge in [0.05, 0.1) is 16.7 Å². The summed E-state index contributed by atoms with van der Waals surface area (Å²) in [5.41, 5.74) is 6.71. The monoisotopic (exact) mass is 305 g/mol. The molecule has 116 valence electrons. The summed E-state index contributed by atoms with van der Waals surface area (Å²) in [7, 11) is 1.92. The van der Waals surface area contributed by atoms with Crippen molar-refractivity contribution in [2.24, 2.45) is 0 Å². The number of aryl methyl sites for hydroxylation is 2. The molecule has 0 aliphatic carbocycles. The molecular formula is C18H19N5. The highest BCUT2D eigenvalue weighted by Gasteiger charge is 2.15. The molecule has 0 radical (unpaired) electrons. The van der Waals surface area contributed by atoms with Crippen LogP contribution in [0, 0.1) is 13.8 Å². The first-order valence-corrected chi connectivity index (χ1v) is 7.75. The molecule has 4 rings (SSSR count). The Morgan fingerprint density at radius 1 is 1.00 bits per heavy atom. The van der Waals surface area contributed by atoms with Crippen molar-refractivity contribution in [3.05, 3.63) is 59.5 Å². The molecule has 0 aliphatic rings. The van der Waals surface area contributed by atoms with Gasteiger partial charge in [-0.2, -0.15) is 0 Å². The second kappa shape index (κ2) is 5.12. The van der Waals surface area contributed by atoms with Crippen LogP contribution >= 0.6 is 0 Å². The molecule has 0 aliphatic heterocycles. The van der Waals surface area contributed by atoms with Crippen molar-refractivity contribution in [3.8, 4) is 0 Å². The van der Waals surface area contributed by atoms with E-state index >= 15 is 0 Å². The van der Waals surface area contributed by atoms with E-state index in [-0.39, 0.29) is 0 Å². The van der Waals surface area contributed by atoms with Gasteiger partial charge < -0.3 is 9.88 Å². The Morgan fingerprint density at radius 2 is 1.78 bits per heavy atom. The minimum Gasteiger partial charge on any atom is -0.385 e. The molecule has 0 saturated carbocycles. The predicted octanol–water partition coefficient (Wildman–Crippen LogP) is 3.39. The van der Waals surface area contributed by atoms with Crippen LogP contribution in [0.3, 0.4) is 0 Å². The number of aromatic nitrogens is 4. The lowest BCUT2D eigenvalue weighted by atomic mass is 10.2. The summed E-state index contributed by atoms with van der Waals surface area (Å²) in [6.45, 7) is 4.99. The quantitative estimate of drug-likeness (QED) is 0.631. The summed E-state index contributed by atoms with van der Waals surface area (Å²) < 4.78 is 4.46. The first kappa shape index (κ1) is 13.8. The maximum Gasteiger partial charge on any atom is 0.184 e. The molecule has 0 spiro atoms. The van der Waals surface area contributed by atoms with Gasteiger partial charge in [0.15, 0.2) is 5.65 Å². The highest BCUT2D eigenvalue weighted by molar-refractivity contribution is 5.88. The standard InChI is InChI=1S/C18H19N5/c1-12-9-17-16(22(12)11-14-7-5-4-6-8-14)10-15(19-3)18-21-20-13(2)23(17)18/h4-10,19H,11H2,1-3H3. The highest BCUT2D eigenvalue weighted by atomic mass is 15.3. The molecule has 4 aromatic rings. The molecule has 0 atom stereocenters. The molecule has 1 N–H and O–H groups in total. The maximum absolute atomic E-state index is 4.30. The van der Waals surface area contributed by atoms with Crippen molar-refractivity contribution >= 4 is 22.4 Å². The van der Waals surface area contributed by atoms with Gasteiger partial charge in [0.25, 0.3) is 0 Å². The molecule has 5 nitrogen and oxygen atoms in total. The van der Waals surface area contributed by atoms with Gasteiger partial charge in [-0.1, -0.05) is 30.3 Å². The molecule has 0 fully saturated rings. The number of benzene rings is 1. The van der Waals surface area contributed by atoms with E-state index in [9.17, 15) is 0 Å². The summed E-state index contributed by atoms with van der Waals surface area (Å²) >= 11 is 0. The molecule has 0 saturated heterocycles. The lowest BCUT2D eigenvalue weighted by Gasteiger charge is -2.10. The summed E-state index contributed by atoms with van der Waals surface area (Å²) in [6.07, 6.45) is 0. The summed E-state index contributed by atoms with van der Waals surface area (Å²) in [5, 5.41) is 11.8. The number of nitrogens with zero attached hydrogens (tertiary/aromatic N) is 4. The Kier molecular flexibility index (Phi) is 3.08. The number of nitrogens with one attached hydrogen (secondary N) is 1. The van der Waals surface area contributed by atoms with Crippen LogP contribution in [0.1, 0.15) is 17.1 Å². The van der Waals surface area contributed by atoms with Crippen molar-refractivity contribution in [3.63, 3.8) is 0 Å². The van der Waals surface area contributed by atoms with Gasteiger partial charge >= 0.3 is 0 Å². The second-order valence-electron chi connectivity index (χ2n) is 5.84. The van der Waals surface area contributed by atoms with Gasteiger partial charge in [0.1, 0.15) is 5.82 Å². The normalized spacial score (nSPS) is 11.4. The highest BCUT2D eigenvalue weighted by Crippen LogP contribution is 2.28. The fourth-order valence-corrected chi connectivity index (χ4v) is 3.20. The molecule has 0 unspecified atom stereocenters. The average molecular weight is 305 g/mol. The minimum atomic E-state index is 0.853. The third-order valence-corrected chi connectivity index (χ3v) is 4.37. The number of hydrogen-bond donors (Lipinski definition) is 1. The fraction of sp³-hybridized carbons (Fsp3) is 0.222. The zero-order valence-corrected chi connectivity index (χ0v) is 13.5. The second-order valence-corrected chi connectivity index (χ2v) is 5.84. The lowest BCUT2D eigenvalue weighted by Crippen LogP contribution is -2.03. The number of pyridine rings is 1. The number of hydrogen-bond acceptors (Lipinski definition) is 3. The lowest BCUT2D eigenvalue weighted by molar-refractivity contribution is 0.805. The third-order valence-electron chi connectivity index (χ3n) is 4.37. The van der Waals surface area contributed by atoms with Crippen LogP contribution < -0.4 is 5.32 Å². The first-order valence-electron chi connectivity index (χ1n) is 7.75. The van der Waals surface area contributed by atoms with E-state index < -0.39 is 0 Å². The predicted molar refractivity (Wildman–Crippen MR) is 93.0 cm³/mol. The molecule has 0 bridgehead atoms. The molecular weight excluding hydrogens is 286 g/mol. The van der Waals surface area contributed by atoms with Crippen molar-refractivity contribution in [1.29, 1.82) is 0 Å². The fourth-order valence-electron chi connectivity index (χ4n) is 3.20. The molecule has 0 amide bonds. The smallest absolute Gasteiger partial charge is 0.184 e. The number of anilines is 1. The Balaban J connectivity index is 2.00. The van der Waals surface area contributed by atoms with Crippen molar-refractivity contribution in [2.45, 2.75) is 20.4 Å². The Labute approximate surface area is 134 Å². The van der Waals surface area contributed by atoms with Gasteiger partial charge in [0.2, 0.25) is 0 Å². The van der Waals surface area contributed by atoms with E-state index in [4.69, 9.17) is 0 Å². The van der Waals surface area contributed by atoms with Gasteiger partial charge in [-0.05, 0) is 31.5 Å². The average Bonchev–Trinajstić information content (AvgIpc) is 3.09. The van der Waals surface area contributed by atoms with Crippen molar-refractivity contribution in [1.82, 2.24) is 19.2 Å². The van der Waals surface area contributed by atoms with Gasteiger partial charge in [0, 0.05) is 19.3 Å². The molecule has 3 aromatic heterocycles. The molecule has 3 heterocycles. The van der Waals surface area contributed by atoms with Crippen LogP contribution in [0.25, 0.3) is 16.7 Å². The zero-order chi connectivity index (χ0) is 16.0. The van der Waals surface area contributed by atoms with E-state index in [0.717, 1.165) is 29.2 Å². The zero-order valence-electron chi connectivity index (χ0n) is 13.5. The summed E-state index contributed by atoms with van der Waals surface area (Å²) in [6, 6.07) is 14.9. The first-order chi connectivity index (χ1) is 11.2. The minimum absolute atomic E-state index is 0.853. The van der Waals surface area contributed by atoms with E-state index in [0.29, 0.717) is 0 Å². The van der Waals surface area contributed by atoms with E-state index in [1.165, 1.54) is 16.8 Å². The Bertz CT molecular complexity index is 995. The van der Waals surface area contributed by atoms with Crippen LogP contribution in [0.15, 0.2) is 42.5 Å². The number of fused-ring (bicyclic) bond motifs is 3.